The van der Waals surface area contributed by atoms with Crippen molar-refractivity contribution in [2.45, 2.75) is 6.10 Å². The molecule has 19 heavy (non-hydrogen) atoms. The van der Waals surface area contributed by atoms with Crippen molar-refractivity contribution in [3.8, 4) is 0 Å². The molecule has 96 valence electrons. The van der Waals surface area contributed by atoms with E-state index < -0.39 is 11.9 Å². The summed E-state index contributed by atoms with van der Waals surface area (Å²) in [4.78, 5) is 0. The van der Waals surface area contributed by atoms with Crippen molar-refractivity contribution in [1.82, 2.24) is 0 Å². The van der Waals surface area contributed by atoms with E-state index in [-0.39, 0.29) is 5.56 Å². The Morgan fingerprint density at radius 3 is 2.68 bits per heavy atom. The normalized spacial score (nSPS) is 12.8. The third-order valence-electron chi connectivity index (χ3n) is 3.06. The zero-order valence-electron chi connectivity index (χ0n) is 9.81. The van der Waals surface area contributed by atoms with Crippen molar-refractivity contribution >= 4 is 33.0 Å². The van der Waals surface area contributed by atoms with Crippen LogP contribution in [0.15, 0.2) is 47.8 Å². The highest BCUT2D eigenvalue weighted by Gasteiger charge is 2.18. The number of fused-ring (bicyclic) bond motifs is 1. The molecule has 2 aromatic carbocycles. The van der Waals surface area contributed by atoms with Gasteiger partial charge in [-0.25, -0.2) is 4.39 Å². The lowest BCUT2D eigenvalue weighted by Crippen LogP contribution is -2.01. The molecule has 0 radical (unpaired) electrons. The number of benzene rings is 2. The second-order valence-corrected chi connectivity index (χ2v) is 5.60. The zero-order valence-corrected chi connectivity index (χ0v) is 11.4. The molecule has 1 aromatic heterocycles. The van der Waals surface area contributed by atoms with Crippen LogP contribution in [0.25, 0.3) is 10.1 Å². The molecule has 0 amide bonds. The van der Waals surface area contributed by atoms with Crippen molar-refractivity contribution in [2.24, 2.45) is 0 Å². The topological polar surface area (TPSA) is 20.2 Å². The maximum atomic E-state index is 13.9. The molecular weight excluding hydrogens is 283 g/mol. The summed E-state index contributed by atoms with van der Waals surface area (Å²) in [5.41, 5.74) is 0.967. The second kappa shape index (κ2) is 4.93. The maximum absolute atomic E-state index is 13.9. The number of rotatable bonds is 2. The molecule has 0 aliphatic rings. The fourth-order valence-corrected chi connectivity index (χ4v) is 3.24. The molecule has 3 rings (SSSR count). The van der Waals surface area contributed by atoms with Gasteiger partial charge in [-0.2, -0.15) is 0 Å². The van der Waals surface area contributed by atoms with E-state index in [1.165, 1.54) is 23.5 Å². The first-order valence-electron chi connectivity index (χ1n) is 5.76. The summed E-state index contributed by atoms with van der Waals surface area (Å²) in [6.07, 6.45) is -0.978. The fraction of sp³-hybridized carbons (Fsp3) is 0.0667. The molecule has 0 spiro atoms. The molecule has 3 aromatic rings. The first kappa shape index (κ1) is 12.6. The van der Waals surface area contributed by atoms with Crippen molar-refractivity contribution in [2.75, 3.05) is 0 Å². The zero-order chi connectivity index (χ0) is 13.4. The highest BCUT2D eigenvalue weighted by Crippen LogP contribution is 2.34. The Bertz CT molecular complexity index is 738. The largest absolute Gasteiger partial charge is 0.383 e. The molecule has 1 atom stereocenters. The Labute approximate surface area is 118 Å². The Kier molecular flexibility index (Phi) is 3.27. The third kappa shape index (κ3) is 2.25. The molecule has 1 nitrogen and oxygen atoms in total. The lowest BCUT2D eigenvalue weighted by molar-refractivity contribution is 0.217. The SMILES string of the molecule is OC(c1ccc(Cl)cc1F)c1csc2ccccc12. The van der Waals surface area contributed by atoms with Gasteiger partial charge in [0.15, 0.2) is 0 Å². The van der Waals surface area contributed by atoms with Crippen LogP contribution in [-0.2, 0) is 0 Å². The van der Waals surface area contributed by atoms with Gasteiger partial charge in [-0.3, -0.25) is 0 Å². The Balaban J connectivity index is 2.10. The second-order valence-electron chi connectivity index (χ2n) is 4.26. The summed E-state index contributed by atoms with van der Waals surface area (Å²) in [6.45, 7) is 0. The molecule has 0 aliphatic carbocycles. The van der Waals surface area contributed by atoms with E-state index in [0.717, 1.165) is 15.6 Å². The Morgan fingerprint density at radius 1 is 1.11 bits per heavy atom. The van der Waals surface area contributed by atoms with Crippen LogP contribution in [0.5, 0.6) is 0 Å². The molecule has 0 saturated heterocycles. The highest BCUT2D eigenvalue weighted by molar-refractivity contribution is 7.17. The molecule has 1 unspecified atom stereocenters. The van der Waals surface area contributed by atoms with Gasteiger partial charge in [-0.1, -0.05) is 35.9 Å². The van der Waals surface area contributed by atoms with Crippen LogP contribution in [-0.4, -0.2) is 5.11 Å². The van der Waals surface area contributed by atoms with Gasteiger partial charge in [0, 0.05) is 20.8 Å². The summed E-state index contributed by atoms with van der Waals surface area (Å²) >= 11 is 7.26. The highest BCUT2D eigenvalue weighted by atomic mass is 35.5. The summed E-state index contributed by atoms with van der Waals surface area (Å²) in [5, 5.41) is 13.5. The van der Waals surface area contributed by atoms with Gasteiger partial charge in [-0.15, -0.1) is 11.3 Å². The average molecular weight is 293 g/mol. The van der Waals surface area contributed by atoms with Gasteiger partial charge in [-0.05, 0) is 29.0 Å². The minimum Gasteiger partial charge on any atom is -0.383 e. The van der Waals surface area contributed by atoms with Crippen LogP contribution in [0, 0.1) is 5.82 Å². The predicted molar refractivity (Wildman–Crippen MR) is 77.3 cm³/mol. The first-order chi connectivity index (χ1) is 9.16. The number of aliphatic hydroxyl groups excluding tert-OH is 1. The smallest absolute Gasteiger partial charge is 0.130 e. The monoisotopic (exact) mass is 292 g/mol. The Morgan fingerprint density at radius 2 is 1.89 bits per heavy atom. The maximum Gasteiger partial charge on any atom is 0.130 e. The van der Waals surface area contributed by atoms with Gasteiger partial charge < -0.3 is 5.11 Å². The van der Waals surface area contributed by atoms with Crippen molar-refractivity contribution in [3.63, 3.8) is 0 Å². The van der Waals surface area contributed by atoms with Gasteiger partial charge >= 0.3 is 0 Å². The molecule has 1 heterocycles. The van der Waals surface area contributed by atoms with Crippen LogP contribution in [0.4, 0.5) is 4.39 Å². The summed E-state index contributed by atoms with van der Waals surface area (Å²) in [7, 11) is 0. The molecule has 1 N–H and O–H groups in total. The number of halogens is 2. The molecular formula is C15H10ClFOS. The number of thiophene rings is 1. The molecule has 0 saturated carbocycles. The first-order valence-corrected chi connectivity index (χ1v) is 7.02. The number of hydrogen-bond donors (Lipinski definition) is 1. The van der Waals surface area contributed by atoms with Crippen LogP contribution in [0.2, 0.25) is 5.02 Å². The lowest BCUT2D eigenvalue weighted by atomic mass is 10.0. The van der Waals surface area contributed by atoms with Crippen molar-refractivity contribution in [1.29, 1.82) is 0 Å². The van der Waals surface area contributed by atoms with Crippen molar-refractivity contribution < 1.29 is 9.50 Å². The quantitative estimate of drug-likeness (QED) is 0.721. The van der Waals surface area contributed by atoms with Gasteiger partial charge in [0.05, 0.1) is 0 Å². The van der Waals surface area contributed by atoms with Crippen LogP contribution in [0.1, 0.15) is 17.2 Å². The molecule has 0 fully saturated rings. The lowest BCUT2D eigenvalue weighted by Gasteiger charge is -2.11. The van der Waals surface area contributed by atoms with E-state index in [0.29, 0.717) is 5.02 Å². The number of hydrogen-bond acceptors (Lipinski definition) is 2. The van der Waals surface area contributed by atoms with E-state index in [9.17, 15) is 9.50 Å². The summed E-state index contributed by atoms with van der Waals surface area (Å²) in [5.74, 6) is -0.490. The number of aliphatic hydroxyl groups is 1. The van der Waals surface area contributed by atoms with E-state index in [4.69, 9.17) is 11.6 Å². The molecule has 4 heteroatoms. The van der Waals surface area contributed by atoms with Crippen LogP contribution < -0.4 is 0 Å². The Hall–Kier alpha value is -1.42. The standard InChI is InChI=1S/C15H10ClFOS/c16-9-5-6-11(13(17)7-9)15(18)12-8-19-14-4-2-1-3-10(12)14/h1-8,15,18H. The average Bonchev–Trinajstić information content (AvgIpc) is 2.82. The van der Waals surface area contributed by atoms with Gasteiger partial charge in [0.25, 0.3) is 0 Å². The van der Waals surface area contributed by atoms with Gasteiger partial charge in [0.2, 0.25) is 0 Å². The van der Waals surface area contributed by atoms with E-state index >= 15 is 0 Å². The van der Waals surface area contributed by atoms with E-state index in [1.807, 2.05) is 29.6 Å². The fourth-order valence-electron chi connectivity index (χ4n) is 2.10. The molecule has 0 aliphatic heterocycles. The third-order valence-corrected chi connectivity index (χ3v) is 4.28. The minimum absolute atomic E-state index is 0.243. The van der Waals surface area contributed by atoms with Gasteiger partial charge in [0.1, 0.15) is 11.9 Å². The minimum atomic E-state index is -0.978. The summed E-state index contributed by atoms with van der Waals surface area (Å²) in [6, 6.07) is 12.1. The van der Waals surface area contributed by atoms with Crippen molar-refractivity contribution in [3.05, 3.63) is 69.8 Å². The van der Waals surface area contributed by atoms with Crippen LogP contribution in [0.3, 0.4) is 0 Å². The molecule has 0 bridgehead atoms. The summed E-state index contributed by atoms with van der Waals surface area (Å²) < 4.78 is 14.9. The van der Waals surface area contributed by atoms with E-state index in [2.05, 4.69) is 0 Å². The van der Waals surface area contributed by atoms with Crippen LogP contribution >= 0.6 is 22.9 Å². The predicted octanol–water partition coefficient (Wildman–Crippen LogP) is 4.78. The van der Waals surface area contributed by atoms with E-state index in [1.54, 1.807) is 6.07 Å².